The second-order valence-electron chi connectivity index (χ2n) is 5.31. The zero-order valence-corrected chi connectivity index (χ0v) is 12.2. The van der Waals surface area contributed by atoms with E-state index >= 15 is 0 Å². The lowest BCUT2D eigenvalue weighted by Crippen LogP contribution is -2.35. The summed E-state index contributed by atoms with van der Waals surface area (Å²) in [4.78, 5) is 24.7. The number of benzene rings is 1. The fourth-order valence-corrected chi connectivity index (χ4v) is 3.22. The lowest BCUT2D eigenvalue weighted by molar-refractivity contribution is -0.386. The van der Waals surface area contributed by atoms with Crippen LogP contribution in [0.25, 0.3) is 0 Å². The van der Waals surface area contributed by atoms with Gasteiger partial charge in [0.15, 0.2) is 0 Å². The van der Waals surface area contributed by atoms with Crippen LogP contribution in [0.3, 0.4) is 0 Å². The second kappa shape index (κ2) is 4.82. The normalized spacial score (nSPS) is 26.1. The van der Waals surface area contributed by atoms with Gasteiger partial charge in [0, 0.05) is 29.0 Å². The first-order valence-electron chi connectivity index (χ1n) is 6.49. The van der Waals surface area contributed by atoms with E-state index < -0.39 is 4.92 Å². The molecule has 1 amide bonds. The summed E-state index contributed by atoms with van der Waals surface area (Å²) < 4.78 is 0.642. The third-order valence-corrected chi connectivity index (χ3v) is 4.34. The Morgan fingerprint density at radius 3 is 2.70 bits per heavy atom. The number of carbonyl (C=O) groups excluding carboxylic acids is 1. The monoisotopic (exact) mass is 339 g/mol. The van der Waals surface area contributed by atoms with Gasteiger partial charge in [-0.15, -0.1) is 0 Å². The molecule has 1 saturated carbocycles. The smallest absolute Gasteiger partial charge is 0.275 e. The number of nitrogens with zero attached hydrogens (tertiary/aromatic N) is 2. The van der Waals surface area contributed by atoms with Crippen LogP contribution in [-0.2, 0) is 4.79 Å². The Morgan fingerprint density at radius 1 is 1.40 bits per heavy atom. The molecule has 2 aliphatic rings. The molecule has 106 valence electrons. The number of amides is 1. The zero-order chi connectivity index (χ0) is 14.4. The van der Waals surface area contributed by atoms with Crippen LogP contribution in [0, 0.1) is 10.1 Å². The van der Waals surface area contributed by atoms with E-state index in [-0.39, 0.29) is 36.1 Å². The van der Waals surface area contributed by atoms with Crippen LogP contribution in [0.1, 0.15) is 30.9 Å². The van der Waals surface area contributed by atoms with E-state index in [9.17, 15) is 14.9 Å². The summed E-state index contributed by atoms with van der Waals surface area (Å²) in [5.41, 5.74) is 6.61. The molecule has 0 aromatic heterocycles. The summed E-state index contributed by atoms with van der Waals surface area (Å²) >= 11 is 3.24. The lowest BCUT2D eigenvalue weighted by Gasteiger charge is -2.27. The molecule has 1 aromatic rings. The predicted molar refractivity (Wildman–Crippen MR) is 76.0 cm³/mol. The summed E-state index contributed by atoms with van der Waals surface area (Å²) in [7, 11) is 0. The number of nitro benzene ring substituents is 1. The van der Waals surface area contributed by atoms with E-state index in [4.69, 9.17) is 5.73 Å². The van der Waals surface area contributed by atoms with Crippen molar-refractivity contribution >= 4 is 27.5 Å². The van der Waals surface area contributed by atoms with Gasteiger partial charge in [0.25, 0.3) is 5.69 Å². The number of halogens is 1. The van der Waals surface area contributed by atoms with Crippen LogP contribution in [-0.4, -0.2) is 27.8 Å². The van der Waals surface area contributed by atoms with Crippen LogP contribution in [0.2, 0.25) is 0 Å². The van der Waals surface area contributed by atoms with Crippen molar-refractivity contribution in [1.82, 2.24) is 4.90 Å². The summed E-state index contributed by atoms with van der Waals surface area (Å²) in [6.07, 6.45) is 2.17. The number of carbonyl (C=O) groups is 1. The molecule has 1 heterocycles. The molecule has 1 aromatic carbocycles. The molecule has 20 heavy (non-hydrogen) atoms. The molecular formula is C13H14BrN3O3. The Balaban J connectivity index is 2.06. The number of nitro groups is 1. The average molecular weight is 340 g/mol. The Labute approximate surface area is 124 Å². The lowest BCUT2D eigenvalue weighted by atomic mass is 9.99. The molecule has 2 fully saturated rings. The highest BCUT2D eigenvalue weighted by Gasteiger charge is 2.47. The van der Waals surface area contributed by atoms with E-state index in [2.05, 4.69) is 15.9 Å². The molecule has 0 radical (unpaired) electrons. The summed E-state index contributed by atoms with van der Waals surface area (Å²) in [5.74, 6) is 0.00205. The van der Waals surface area contributed by atoms with Gasteiger partial charge < -0.3 is 10.6 Å². The fraction of sp³-hybridized carbons (Fsp3) is 0.462. The Hall–Kier alpha value is -1.47. The third-order valence-electron chi connectivity index (χ3n) is 3.85. The molecule has 2 unspecified atom stereocenters. The van der Waals surface area contributed by atoms with Gasteiger partial charge in [0.2, 0.25) is 5.91 Å². The first kappa shape index (κ1) is 13.5. The molecule has 0 spiro atoms. The van der Waals surface area contributed by atoms with E-state index in [1.54, 1.807) is 17.0 Å². The number of hydrogen-bond donors (Lipinski definition) is 1. The zero-order valence-electron chi connectivity index (χ0n) is 10.7. The minimum atomic E-state index is -0.416. The van der Waals surface area contributed by atoms with Crippen molar-refractivity contribution in [2.45, 2.75) is 37.4 Å². The maximum Gasteiger partial charge on any atom is 0.275 e. The van der Waals surface area contributed by atoms with E-state index in [0.29, 0.717) is 10.0 Å². The Morgan fingerprint density at radius 2 is 2.10 bits per heavy atom. The molecule has 2 N–H and O–H groups in total. The molecule has 1 aliphatic heterocycles. The van der Waals surface area contributed by atoms with Gasteiger partial charge in [-0.3, -0.25) is 14.9 Å². The molecule has 1 saturated heterocycles. The molecule has 2 atom stereocenters. The van der Waals surface area contributed by atoms with Gasteiger partial charge in [0.05, 0.1) is 16.5 Å². The van der Waals surface area contributed by atoms with Gasteiger partial charge >= 0.3 is 0 Å². The molecule has 0 bridgehead atoms. The minimum absolute atomic E-state index is 0.00205. The van der Waals surface area contributed by atoms with Crippen molar-refractivity contribution in [3.63, 3.8) is 0 Å². The highest BCUT2D eigenvalue weighted by molar-refractivity contribution is 9.10. The first-order valence-corrected chi connectivity index (χ1v) is 7.29. The van der Waals surface area contributed by atoms with Crippen LogP contribution in [0.4, 0.5) is 5.69 Å². The number of rotatable bonds is 3. The number of nitrogens with two attached hydrogens (primary N) is 1. The van der Waals surface area contributed by atoms with Gasteiger partial charge in [-0.2, -0.15) is 0 Å². The fourth-order valence-electron chi connectivity index (χ4n) is 2.87. The third kappa shape index (κ3) is 2.20. The van der Waals surface area contributed by atoms with Crippen molar-refractivity contribution in [2.75, 3.05) is 0 Å². The Bertz CT molecular complexity index is 588. The van der Waals surface area contributed by atoms with Crippen molar-refractivity contribution in [1.29, 1.82) is 0 Å². The van der Waals surface area contributed by atoms with Crippen molar-refractivity contribution in [2.24, 2.45) is 5.73 Å². The molecule has 1 aliphatic carbocycles. The van der Waals surface area contributed by atoms with Crippen LogP contribution in [0.5, 0.6) is 0 Å². The van der Waals surface area contributed by atoms with Crippen molar-refractivity contribution < 1.29 is 9.72 Å². The number of likely N-dealkylation sites (tertiary alicyclic amines) is 1. The topological polar surface area (TPSA) is 89.5 Å². The maximum absolute atomic E-state index is 12.1. The van der Waals surface area contributed by atoms with Gasteiger partial charge in [-0.25, -0.2) is 0 Å². The van der Waals surface area contributed by atoms with E-state index in [1.807, 2.05) is 0 Å². The molecule has 6 nitrogen and oxygen atoms in total. The molecule has 7 heteroatoms. The Kier molecular flexibility index (Phi) is 3.25. The highest BCUT2D eigenvalue weighted by Crippen LogP contribution is 2.43. The quantitative estimate of drug-likeness (QED) is 0.674. The number of hydrogen-bond acceptors (Lipinski definition) is 4. The largest absolute Gasteiger partial charge is 0.331 e. The maximum atomic E-state index is 12.1. The highest BCUT2D eigenvalue weighted by atomic mass is 79.9. The van der Waals surface area contributed by atoms with Crippen LogP contribution in [0.15, 0.2) is 22.7 Å². The van der Waals surface area contributed by atoms with Crippen molar-refractivity contribution in [3.8, 4) is 0 Å². The summed E-state index contributed by atoms with van der Waals surface area (Å²) in [6, 6.07) is 4.34. The first-order chi connectivity index (χ1) is 9.49. The molecule has 3 rings (SSSR count). The summed E-state index contributed by atoms with van der Waals surface area (Å²) in [6.45, 7) is 0. The standard InChI is InChI=1S/C13H14BrN3O3/c14-7-1-4-9(11(5-7)17(19)20)13-10(15)6-12(18)16(13)8-2-3-8/h1,4-5,8,10,13H,2-3,6,15H2. The van der Waals surface area contributed by atoms with E-state index in [0.717, 1.165) is 12.8 Å². The van der Waals surface area contributed by atoms with Gasteiger partial charge in [-0.1, -0.05) is 15.9 Å². The predicted octanol–water partition coefficient (Wildman–Crippen LogP) is 2.12. The van der Waals surface area contributed by atoms with Crippen molar-refractivity contribution in [3.05, 3.63) is 38.3 Å². The second-order valence-corrected chi connectivity index (χ2v) is 6.22. The van der Waals surface area contributed by atoms with Gasteiger partial charge in [-0.05, 0) is 25.0 Å². The molecular weight excluding hydrogens is 326 g/mol. The van der Waals surface area contributed by atoms with Crippen LogP contribution >= 0.6 is 15.9 Å². The van der Waals surface area contributed by atoms with E-state index in [1.165, 1.54) is 6.07 Å². The van der Waals surface area contributed by atoms with Gasteiger partial charge in [0.1, 0.15) is 0 Å². The SMILES string of the molecule is NC1CC(=O)N(C2CC2)C1c1ccc(Br)cc1[N+](=O)[O-]. The average Bonchev–Trinajstić information content (AvgIpc) is 3.15. The minimum Gasteiger partial charge on any atom is -0.331 e. The van der Waals surface area contributed by atoms with Crippen LogP contribution < -0.4 is 5.73 Å². The summed E-state index contributed by atoms with van der Waals surface area (Å²) in [5, 5.41) is 11.3.